The van der Waals surface area contributed by atoms with Gasteiger partial charge < -0.3 is 10.2 Å². The summed E-state index contributed by atoms with van der Waals surface area (Å²) in [6.45, 7) is 1.46. The molecule has 88 valence electrons. The Balaban J connectivity index is 2.40. The van der Waals surface area contributed by atoms with E-state index in [-0.39, 0.29) is 12.4 Å². The number of nitrogens with zero attached hydrogens (tertiary/aromatic N) is 5. The van der Waals surface area contributed by atoms with Gasteiger partial charge in [0.25, 0.3) is 0 Å². The average Bonchev–Trinajstić information content (AvgIpc) is 2.84. The quantitative estimate of drug-likeness (QED) is 0.731. The molecule has 0 spiro atoms. The van der Waals surface area contributed by atoms with Crippen molar-refractivity contribution in [1.29, 1.82) is 0 Å². The van der Waals surface area contributed by atoms with Gasteiger partial charge in [-0.05, 0) is 6.92 Å². The summed E-state index contributed by atoms with van der Waals surface area (Å²) in [5, 5.41) is 30.2. The van der Waals surface area contributed by atoms with E-state index >= 15 is 0 Å². The minimum Gasteiger partial charge on any atom is -0.505 e. The highest BCUT2D eigenvalue weighted by molar-refractivity contribution is 5.85. The fourth-order valence-corrected chi connectivity index (χ4v) is 1.30. The molecule has 0 aliphatic heterocycles. The summed E-state index contributed by atoms with van der Waals surface area (Å²) in [4.78, 5) is 3.95. The first-order valence-corrected chi connectivity index (χ1v) is 4.89. The van der Waals surface area contributed by atoms with E-state index in [2.05, 4.69) is 20.3 Å². The highest BCUT2D eigenvalue weighted by atomic mass is 16.3. The summed E-state index contributed by atoms with van der Waals surface area (Å²) in [7, 11) is 0. The minimum atomic E-state index is -0.218. The Morgan fingerprint density at radius 2 is 2.12 bits per heavy atom. The fraction of sp³-hybridized carbons (Fsp3) is 0.200. The van der Waals surface area contributed by atoms with Crippen LogP contribution in [0, 0.1) is 6.92 Å². The Hall–Kier alpha value is -2.28. The molecule has 7 nitrogen and oxygen atoms in total. The normalized spacial score (nSPS) is 11.2. The van der Waals surface area contributed by atoms with Gasteiger partial charge in [0.1, 0.15) is 18.4 Å². The molecule has 0 aromatic carbocycles. The van der Waals surface area contributed by atoms with E-state index in [4.69, 9.17) is 5.11 Å². The molecule has 2 N–H and O–H groups in total. The summed E-state index contributed by atoms with van der Waals surface area (Å²) >= 11 is 0. The number of aromatic hydroxyl groups is 1. The monoisotopic (exact) mass is 233 g/mol. The van der Waals surface area contributed by atoms with Crippen LogP contribution in [-0.4, -0.2) is 36.3 Å². The van der Waals surface area contributed by atoms with Gasteiger partial charge in [0.2, 0.25) is 0 Å². The van der Waals surface area contributed by atoms with Gasteiger partial charge in [0, 0.05) is 17.3 Å². The summed E-state index contributed by atoms with van der Waals surface area (Å²) in [5.41, 5.74) is 1.42. The van der Waals surface area contributed by atoms with Crippen LogP contribution in [0.15, 0.2) is 24.0 Å². The van der Waals surface area contributed by atoms with Gasteiger partial charge in [-0.25, -0.2) is 4.68 Å². The van der Waals surface area contributed by atoms with Crippen molar-refractivity contribution < 1.29 is 10.2 Å². The lowest BCUT2D eigenvalue weighted by atomic mass is 10.1. The number of aliphatic hydroxyl groups excluding tert-OH is 1. The first-order valence-electron chi connectivity index (χ1n) is 4.89. The van der Waals surface area contributed by atoms with Gasteiger partial charge in [-0.2, -0.15) is 5.10 Å². The van der Waals surface area contributed by atoms with Gasteiger partial charge >= 0.3 is 0 Å². The number of pyridine rings is 1. The van der Waals surface area contributed by atoms with Crippen LogP contribution in [0.2, 0.25) is 0 Å². The van der Waals surface area contributed by atoms with Crippen LogP contribution in [0.25, 0.3) is 0 Å². The molecule has 0 aliphatic rings. The van der Waals surface area contributed by atoms with Crippen LogP contribution < -0.4 is 0 Å². The van der Waals surface area contributed by atoms with E-state index in [1.54, 1.807) is 6.92 Å². The van der Waals surface area contributed by atoms with Crippen LogP contribution >= 0.6 is 0 Å². The maximum absolute atomic E-state index is 9.83. The van der Waals surface area contributed by atoms with Gasteiger partial charge in [0.05, 0.1) is 18.5 Å². The predicted octanol–water partition coefficient (Wildman–Crippen LogP) is 0.0616. The summed E-state index contributed by atoms with van der Waals surface area (Å²) in [5.74, 6) is 0.00775. The number of aromatic nitrogens is 4. The van der Waals surface area contributed by atoms with E-state index in [9.17, 15) is 5.11 Å². The van der Waals surface area contributed by atoms with Crippen molar-refractivity contribution in [3.63, 3.8) is 0 Å². The second-order valence-electron chi connectivity index (χ2n) is 3.38. The molecule has 0 bridgehead atoms. The fourth-order valence-electron chi connectivity index (χ4n) is 1.30. The van der Waals surface area contributed by atoms with E-state index < -0.39 is 0 Å². The number of hydrogen-bond donors (Lipinski definition) is 2. The number of aliphatic hydroxyl groups is 1. The van der Waals surface area contributed by atoms with Crippen LogP contribution in [0.3, 0.4) is 0 Å². The second kappa shape index (κ2) is 4.71. The highest BCUT2D eigenvalue weighted by Gasteiger charge is 2.09. The van der Waals surface area contributed by atoms with E-state index in [1.807, 2.05) is 0 Å². The molecule has 0 fully saturated rings. The molecular formula is C10H11N5O2. The third-order valence-corrected chi connectivity index (χ3v) is 2.25. The molecule has 17 heavy (non-hydrogen) atoms. The Morgan fingerprint density at radius 1 is 1.41 bits per heavy atom. The van der Waals surface area contributed by atoms with Gasteiger partial charge in [-0.15, -0.1) is 10.2 Å². The van der Waals surface area contributed by atoms with Crippen LogP contribution in [0.1, 0.15) is 16.8 Å². The maximum Gasteiger partial charge on any atom is 0.145 e. The minimum absolute atomic E-state index is 0.00775. The number of rotatable bonds is 3. The van der Waals surface area contributed by atoms with Crippen molar-refractivity contribution in [2.24, 2.45) is 5.10 Å². The largest absolute Gasteiger partial charge is 0.505 e. The lowest BCUT2D eigenvalue weighted by molar-refractivity contribution is 0.280. The van der Waals surface area contributed by atoms with Crippen molar-refractivity contribution in [2.45, 2.75) is 13.5 Å². The standard InChI is InChI=1S/C10H11N5O2/c1-7-10(17)9(8(4-16)2-11-7)3-14-15-5-12-13-6-15/h2-3,5-6,16-17H,4H2,1H3. The Bertz CT molecular complexity index is 536. The van der Waals surface area contributed by atoms with Crippen molar-refractivity contribution in [2.75, 3.05) is 0 Å². The van der Waals surface area contributed by atoms with Gasteiger partial charge in [0.15, 0.2) is 0 Å². The molecule has 0 atom stereocenters. The maximum atomic E-state index is 9.83. The molecule has 2 rings (SSSR count). The molecular weight excluding hydrogens is 222 g/mol. The third kappa shape index (κ3) is 2.28. The summed E-state index contributed by atoms with van der Waals surface area (Å²) in [6.07, 6.45) is 5.77. The molecule has 2 heterocycles. The zero-order valence-corrected chi connectivity index (χ0v) is 9.15. The van der Waals surface area contributed by atoms with Gasteiger partial charge in [-0.3, -0.25) is 4.98 Å². The smallest absolute Gasteiger partial charge is 0.145 e. The van der Waals surface area contributed by atoms with Crippen LogP contribution in [0.5, 0.6) is 5.75 Å². The molecule has 0 aliphatic carbocycles. The molecule has 0 saturated carbocycles. The predicted molar refractivity (Wildman–Crippen MR) is 59.6 cm³/mol. The first-order chi connectivity index (χ1) is 8.22. The third-order valence-electron chi connectivity index (χ3n) is 2.25. The Labute approximate surface area is 97.1 Å². The number of hydrogen-bond acceptors (Lipinski definition) is 6. The lowest BCUT2D eigenvalue weighted by Crippen LogP contribution is -1.99. The van der Waals surface area contributed by atoms with Crippen LogP contribution in [0.4, 0.5) is 0 Å². The first kappa shape index (κ1) is 11.2. The molecule has 7 heteroatoms. The molecule has 0 amide bonds. The number of aryl methyl sites for hydroxylation is 1. The van der Waals surface area contributed by atoms with Crippen molar-refractivity contribution in [1.82, 2.24) is 19.9 Å². The zero-order chi connectivity index (χ0) is 12.3. The van der Waals surface area contributed by atoms with E-state index in [0.29, 0.717) is 16.8 Å². The second-order valence-corrected chi connectivity index (χ2v) is 3.38. The molecule has 0 unspecified atom stereocenters. The molecule has 0 radical (unpaired) electrons. The van der Waals surface area contributed by atoms with Gasteiger partial charge in [-0.1, -0.05) is 0 Å². The van der Waals surface area contributed by atoms with Crippen LogP contribution in [-0.2, 0) is 6.61 Å². The van der Waals surface area contributed by atoms with E-state index in [0.717, 1.165) is 0 Å². The lowest BCUT2D eigenvalue weighted by Gasteiger charge is -2.06. The van der Waals surface area contributed by atoms with Crippen molar-refractivity contribution in [3.05, 3.63) is 35.7 Å². The Kier molecular flexibility index (Phi) is 3.10. The average molecular weight is 233 g/mol. The summed E-state index contributed by atoms with van der Waals surface area (Å²) < 4.78 is 1.39. The molecule has 2 aromatic heterocycles. The van der Waals surface area contributed by atoms with E-state index in [1.165, 1.54) is 29.7 Å². The topological polar surface area (TPSA) is 96.4 Å². The van der Waals surface area contributed by atoms with Crippen molar-refractivity contribution in [3.8, 4) is 5.75 Å². The summed E-state index contributed by atoms with van der Waals surface area (Å²) in [6, 6.07) is 0. The highest BCUT2D eigenvalue weighted by Crippen LogP contribution is 2.21. The Morgan fingerprint density at radius 3 is 2.76 bits per heavy atom. The van der Waals surface area contributed by atoms with Crippen molar-refractivity contribution >= 4 is 6.21 Å². The zero-order valence-electron chi connectivity index (χ0n) is 9.15. The SMILES string of the molecule is Cc1ncc(CO)c(C=Nn2cnnc2)c1O. The molecule has 0 saturated heterocycles. The molecule has 2 aromatic rings.